The largest absolute Gasteiger partial charge is 0.458 e. The molecule has 0 bridgehead atoms. The number of carbonyl (C=O) groups excluding carboxylic acids is 2. The van der Waals surface area contributed by atoms with E-state index >= 15 is 0 Å². The van der Waals surface area contributed by atoms with Crippen LogP contribution in [0.5, 0.6) is 0 Å². The van der Waals surface area contributed by atoms with Crippen LogP contribution in [0.2, 0.25) is 0 Å². The summed E-state index contributed by atoms with van der Waals surface area (Å²) < 4.78 is 16.9. The van der Waals surface area contributed by atoms with Gasteiger partial charge >= 0.3 is 12.1 Å². The minimum absolute atomic E-state index is 0.122. The minimum atomic E-state index is -0.780. The molecule has 0 radical (unpaired) electrons. The van der Waals surface area contributed by atoms with Crippen molar-refractivity contribution in [3.63, 3.8) is 0 Å². The molecule has 0 unspecified atom stereocenters. The standard InChI is InChI=1S/C20H37NO5/c1-8-16(9-2)17(24-12-15-10-11-15)14(4)25-18(22)13(3)21-19(23)26-20(5,6)7/h13-17H,8-12H2,1-7H3,(H,21,23)/t13-,14-,17-/m0/s1. The van der Waals surface area contributed by atoms with Crippen molar-refractivity contribution in [3.8, 4) is 0 Å². The van der Waals surface area contributed by atoms with E-state index in [1.54, 1.807) is 27.7 Å². The summed E-state index contributed by atoms with van der Waals surface area (Å²) in [4.78, 5) is 24.2. The van der Waals surface area contributed by atoms with Gasteiger partial charge in [0.2, 0.25) is 0 Å². The molecule has 0 aromatic heterocycles. The van der Waals surface area contributed by atoms with Crippen LogP contribution in [-0.2, 0) is 19.0 Å². The molecule has 1 rings (SSSR count). The van der Waals surface area contributed by atoms with Gasteiger partial charge in [0, 0.05) is 6.61 Å². The third-order valence-electron chi connectivity index (χ3n) is 4.59. The zero-order chi connectivity index (χ0) is 19.9. The number of carbonyl (C=O) groups is 2. The lowest BCUT2D eigenvalue weighted by Crippen LogP contribution is -2.45. The van der Waals surface area contributed by atoms with Crippen molar-refractivity contribution in [2.24, 2.45) is 11.8 Å². The van der Waals surface area contributed by atoms with Crippen molar-refractivity contribution in [3.05, 3.63) is 0 Å². The monoisotopic (exact) mass is 371 g/mol. The van der Waals surface area contributed by atoms with Gasteiger partial charge in [0.05, 0.1) is 6.10 Å². The second-order valence-corrected chi connectivity index (χ2v) is 8.33. The fourth-order valence-corrected chi connectivity index (χ4v) is 2.84. The fraction of sp³-hybridized carbons (Fsp3) is 0.900. The van der Waals surface area contributed by atoms with Crippen molar-refractivity contribution in [2.75, 3.05) is 6.61 Å². The summed E-state index contributed by atoms with van der Waals surface area (Å²) in [5, 5.41) is 2.52. The molecule has 1 fully saturated rings. The molecular formula is C20H37NO5. The molecular weight excluding hydrogens is 334 g/mol. The maximum Gasteiger partial charge on any atom is 0.408 e. The van der Waals surface area contributed by atoms with Gasteiger partial charge in [0.15, 0.2) is 0 Å². The van der Waals surface area contributed by atoms with E-state index in [1.807, 2.05) is 6.92 Å². The lowest BCUT2D eigenvalue weighted by atomic mass is 9.93. The maximum atomic E-state index is 12.4. The molecule has 6 nitrogen and oxygen atoms in total. The van der Waals surface area contributed by atoms with Gasteiger partial charge in [-0.15, -0.1) is 0 Å². The molecule has 1 amide bonds. The van der Waals surface area contributed by atoms with Crippen LogP contribution in [0.25, 0.3) is 0 Å². The van der Waals surface area contributed by atoms with Gasteiger partial charge in [-0.1, -0.05) is 26.7 Å². The first-order valence-corrected chi connectivity index (χ1v) is 9.88. The number of rotatable bonds is 10. The normalized spacial score (nSPS) is 18.2. The molecule has 1 saturated carbocycles. The second-order valence-electron chi connectivity index (χ2n) is 8.33. The number of hydrogen-bond donors (Lipinski definition) is 1. The van der Waals surface area contributed by atoms with Gasteiger partial charge in [0.25, 0.3) is 0 Å². The predicted octanol–water partition coefficient (Wildman–Crippen LogP) is 4.06. The van der Waals surface area contributed by atoms with Crippen molar-refractivity contribution >= 4 is 12.1 Å². The molecule has 0 aromatic rings. The Bertz CT molecular complexity index is 452. The van der Waals surface area contributed by atoms with Gasteiger partial charge < -0.3 is 19.5 Å². The van der Waals surface area contributed by atoms with E-state index in [4.69, 9.17) is 14.2 Å². The summed E-state index contributed by atoms with van der Waals surface area (Å²) in [6.07, 6.45) is 3.27. The quantitative estimate of drug-likeness (QED) is 0.586. The summed E-state index contributed by atoms with van der Waals surface area (Å²) >= 11 is 0. The van der Waals surface area contributed by atoms with Crippen LogP contribution in [0.1, 0.15) is 74.1 Å². The van der Waals surface area contributed by atoms with E-state index in [1.165, 1.54) is 12.8 Å². The SMILES string of the molecule is CCC(CC)[C@@H](OCC1CC1)[C@H](C)OC(=O)[C@H](C)NC(=O)OC(C)(C)C. The molecule has 0 aliphatic heterocycles. The molecule has 3 atom stereocenters. The molecule has 0 aromatic carbocycles. The Balaban J connectivity index is 2.57. The summed E-state index contributed by atoms with van der Waals surface area (Å²) in [5.74, 6) is 0.516. The third kappa shape index (κ3) is 8.39. The van der Waals surface area contributed by atoms with Crippen LogP contribution in [0, 0.1) is 11.8 Å². The lowest BCUT2D eigenvalue weighted by Gasteiger charge is -2.31. The maximum absolute atomic E-state index is 12.4. The van der Waals surface area contributed by atoms with Crippen LogP contribution in [0.3, 0.4) is 0 Å². The molecule has 152 valence electrons. The van der Waals surface area contributed by atoms with Crippen molar-refractivity contribution in [1.82, 2.24) is 5.32 Å². The zero-order valence-electron chi connectivity index (χ0n) is 17.5. The van der Waals surface area contributed by atoms with Crippen LogP contribution in [0.15, 0.2) is 0 Å². The highest BCUT2D eigenvalue weighted by molar-refractivity contribution is 5.81. The summed E-state index contributed by atoms with van der Waals surface area (Å²) in [6, 6.07) is -0.780. The Morgan fingerprint density at radius 3 is 2.15 bits per heavy atom. The Kier molecular flexibility index (Phi) is 8.87. The number of nitrogens with one attached hydrogen (secondary N) is 1. The highest BCUT2D eigenvalue weighted by Gasteiger charge is 2.32. The number of ether oxygens (including phenoxy) is 3. The van der Waals surface area contributed by atoms with E-state index in [-0.39, 0.29) is 12.2 Å². The number of hydrogen-bond acceptors (Lipinski definition) is 5. The van der Waals surface area contributed by atoms with Crippen LogP contribution >= 0.6 is 0 Å². The number of amides is 1. The van der Waals surface area contributed by atoms with E-state index in [2.05, 4.69) is 19.2 Å². The lowest BCUT2D eigenvalue weighted by molar-refractivity contribution is -0.162. The fourth-order valence-electron chi connectivity index (χ4n) is 2.84. The average Bonchev–Trinajstić information content (AvgIpc) is 3.33. The first-order valence-electron chi connectivity index (χ1n) is 9.88. The Morgan fingerprint density at radius 2 is 1.69 bits per heavy atom. The van der Waals surface area contributed by atoms with E-state index < -0.39 is 23.7 Å². The molecule has 0 spiro atoms. The first-order chi connectivity index (χ1) is 12.1. The van der Waals surface area contributed by atoms with Crippen molar-refractivity contribution in [2.45, 2.75) is 98.0 Å². The Morgan fingerprint density at radius 1 is 1.12 bits per heavy atom. The van der Waals surface area contributed by atoms with Gasteiger partial charge in [0.1, 0.15) is 17.7 Å². The topological polar surface area (TPSA) is 73.9 Å². The number of esters is 1. The first kappa shape index (κ1) is 22.7. The van der Waals surface area contributed by atoms with E-state index in [0.29, 0.717) is 11.8 Å². The molecule has 26 heavy (non-hydrogen) atoms. The Hall–Kier alpha value is -1.30. The highest BCUT2D eigenvalue weighted by atomic mass is 16.6. The van der Waals surface area contributed by atoms with Gasteiger partial charge in [-0.2, -0.15) is 0 Å². The predicted molar refractivity (Wildman–Crippen MR) is 101 cm³/mol. The van der Waals surface area contributed by atoms with Crippen LogP contribution in [0.4, 0.5) is 4.79 Å². The average molecular weight is 372 g/mol. The van der Waals surface area contributed by atoms with Crippen molar-refractivity contribution in [1.29, 1.82) is 0 Å². The molecule has 1 N–H and O–H groups in total. The van der Waals surface area contributed by atoms with Gasteiger partial charge in [-0.25, -0.2) is 9.59 Å². The summed E-state index contributed by atoms with van der Waals surface area (Å²) in [5.41, 5.74) is -0.613. The molecule has 0 heterocycles. The van der Waals surface area contributed by atoms with Crippen molar-refractivity contribution < 1.29 is 23.8 Å². The van der Waals surface area contributed by atoms with Crippen LogP contribution < -0.4 is 5.32 Å². The van der Waals surface area contributed by atoms with Gasteiger partial charge in [-0.3, -0.25) is 0 Å². The minimum Gasteiger partial charge on any atom is -0.458 e. The molecule has 1 aliphatic rings. The van der Waals surface area contributed by atoms with Crippen LogP contribution in [-0.4, -0.2) is 42.5 Å². The molecule has 1 aliphatic carbocycles. The second kappa shape index (κ2) is 10.1. The zero-order valence-corrected chi connectivity index (χ0v) is 17.5. The Labute approximate surface area is 158 Å². The third-order valence-corrected chi connectivity index (χ3v) is 4.59. The summed E-state index contributed by atoms with van der Waals surface area (Å²) in [6.45, 7) is 13.8. The van der Waals surface area contributed by atoms with Gasteiger partial charge in [-0.05, 0) is 59.3 Å². The molecule has 0 saturated heterocycles. The molecule has 6 heteroatoms. The van der Waals surface area contributed by atoms with E-state index in [0.717, 1.165) is 19.4 Å². The highest BCUT2D eigenvalue weighted by Crippen LogP contribution is 2.31. The smallest absolute Gasteiger partial charge is 0.408 e. The van der Waals surface area contributed by atoms with E-state index in [9.17, 15) is 9.59 Å². The summed E-state index contributed by atoms with van der Waals surface area (Å²) in [7, 11) is 0. The number of alkyl carbamates (subject to hydrolysis) is 1.